The van der Waals surface area contributed by atoms with Gasteiger partial charge in [-0.3, -0.25) is 10.0 Å². The van der Waals surface area contributed by atoms with E-state index in [1.54, 1.807) is 6.20 Å². The van der Waals surface area contributed by atoms with Gasteiger partial charge in [-0.1, -0.05) is 6.07 Å². The van der Waals surface area contributed by atoms with Crippen LogP contribution < -0.4 is 11.4 Å². The lowest BCUT2D eigenvalue weighted by molar-refractivity contribution is -0.178. The van der Waals surface area contributed by atoms with Crippen molar-refractivity contribution >= 4 is 22.8 Å². The first-order valence-electron chi connectivity index (χ1n) is 7.17. The first-order valence-corrected chi connectivity index (χ1v) is 7.17. The summed E-state index contributed by atoms with van der Waals surface area (Å²) < 4.78 is 0. The number of hydrogen-bond donors (Lipinski definition) is 5. The van der Waals surface area contributed by atoms with Crippen LogP contribution in [0.3, 0.4) is 0 Å². The number of benzene rings is 1. The highest BCUT2D eigenvalue weighted by molar-refractivity contribution is 5.85. The minimum Gasteiger partial charge on any atom is -0.481 e. The van der Waals surface area contributed by atoms with Crippen molar-refractivity contribution in [2.45, 2.75) is 31.7 Å². The molecule has 23 heavy (non-hydrogen) atoms. The van der Waals surface area contributed by atoms with Gasteiger partial charge in [-0.15, -0.1) is 0 Å². The van der Waals surface area contributed by atoms with Crippen LogP contribution in [0, 0.1) is 0 Å². The molecule has 124 valence electrons. The maximum Gasteiger partial charge on any atom is 0.344 e. The summed E-state index contributed by atoms with van der Waals surface area (Å²) in [6, 6.07) is 4.90. The fourth-order valence-electron chi connectivity index (χ4n) is 2.43. The maximum absolute atomic E-state index is 11.4. The molecule has 0 aliphatic carbocycles. The highest BCUT2D eigenvalue weighted by Crippen LogP contribution is 2.22. The number of aromatic amines is 1. The summed E-state index contributed by atoms with van der Waals surface area (Å²) in [6.07, 6.45) is 3.37. The van der Waals surface area contributed by atoms with Crippen molar-refractivity contribution in [3.8, 4) is 0 Å². The molecule has 1 heterocycles. The van der Waals surface area contributed by atoms with E-state index in [9.17, 15) is 9.59 Å². The van der Waals surface area contributed by atoms with Gasteiger partial charge in [0.1, 0.15) is 6.04 Å². The molecule has 0 amide bonds. The van der Waals surface area contributed by atoms with Gasteiger partial charge >= 0.3 is 11.9 Å². The average Bonchev–Trinajstić information content (AvgIpc) is 2.89. The molecule has 1 atom stereocenters. The number of carbonyl (C=O) groups excluding carboxylic acids is 1. The van der Waals surface area contributed by atoms with Crippen LogP contribution in [0.5, 0.6) is 0 Å². The quantitative estimate of drug-likeness (QED) is 0.455. The molecular weight excluding hydrogens is 302 g/mol. The second-order valence-corrected chi connectivity index (χ2v) is 5.26. The number of H-pyrrole nitrogens is 1. The zero-order valence-corrected chi connectivity index (χ0v) is 12.4. The number of fused-ring (bicyclic) bond motifs is 1. The minimum absolute atomic E-state index is 0.128. The molecule has 0 aliphatic rings. The zero-order chi connectivity index (χ0) is 16.8. The molecule has 0 saturated heterocycles. The Bertz CT molecular complexity index is 697. The minimum atomic E-state index is -0.913. The van der Waals surface area contributed by atoms with Crippen molar-refractivity contribution < 1.29 is 24.7 Å². The van der Waals surface area contributed by atoms with E-state index in [0.717, 1.165) is 22.0 Å². The molecule has 0 radical (unpaired) electrons. The second kappa shape index (κ2) is 7.73. The molecule has 0 aliphatic heterocycles. The van der Waals surface area contributed by atoms with E-state index in [-0.39, 0.29) is 12.8 Å². The van der Waals surface area contributed by atoms with E-state index in [1.807, 2.05) is 18.2 Å². The molecule has 2 aromatic rings. The molecule has 1 unspecified atom stereocenters. The summed E-state index contributed by atoms with van der Waals surface area (Å²) >= 11 is 0. The van der Waals surface area contributed by atoms with Crippen molar-refractivity contribution in [3.63, 3.8) is 0 Å². The van der Waals surface area contributed by atoms with E-state index < -0.39 is 18.0 Å². The summed E-state index contributed by atoms with van der Waals surface area (Å²) in [6.45, 7) is 0. The highest BCUT2D eigenvalue weighted by atomic mass is 16.9. The van der Waals surface area contributed by atoms with Crippen molar-refractivity contribution in [3.05, 3.63) is 35.5 Å². The van der Waals surface area contributed by atoms with Gasteiger partial charge in [0.25, 0.3) is 0 Å². The molecule has 1 aromatic heterocycles. The fourth-order valence-corrected chi connectivity index (χ4v) is 2.43. The summed E-state index contributed by atoms with van der Waals surface area (Å²) in [5.41, 5.74) is 9.83. The normalized spacial score (nSPS) is 12.3. The number of rotatable bonds is 8. The number of aryl methyl sites for hydroxylation is 1. The molecule has 8 heteroatoms. The van der Waals surface area contributed by atoms with E-state index in [1.165, 1.54) is 5.64 Å². The SMILES string of the molecule is NC(Cc1c[nH]c2ccc(CCCC(=O)O)cc12)C(=O)ONO. The Morgan fingerprint density at radius 1 is 1.39 bits per heavy atom. The molecule has 6 N–H and O–H groups in total. The van der Waals surface area contributed by atoms with Gasteiger partial charge in [-0.05, 0) is 41.7 Å². The molecular formula is C15H19N3O5. The summed E-state index contributed by atoms with van der Waals surface area (Å²) in [5.74, 6) is -1.57. The van der Waals surface area contributed by atoms with Crippen LogP contribution in [0.2, 0.25) is 0 Å². The zero-order valence-electron chi connectivity index (χ0n) is 12.4. The standard InChI is InChI=1S/C15H19N3O5/c16-12(15(21)23-18-22)7-10-8-17-13-5-4-9(6-11(10)13)2-1-3-14(19)20/h4-6,8,12,17-18,22H,1-3,7,16H2,(H,19,20). The number of carbonyl (C=O) groups is 2. The lowest BCUT2D eigenvalue weighted by Crippen LogP contribution is -2.36. The van der Waals surface area contributed by atoms with Crippen molar-refractivity contribution in [1.82, 2.24) is 10.6 Å². The first-order chi connectivity index (χ1) is 11.0. The number of aliphatic carboxylic acids is 1. The van der Waals surface area contributed by atoms with Crippen LogP contribution in [0.4, 0.5) is 0 Å². The van der Waals surface area contributed by atoms with E-state index in [4.69, 9.17) is 16.0 Å². The van der Waals surface area contributed by atoms with Crippen molar-refractivity contribution in [1.29, 1.82) is 0 Å². The van der Waals surface area contributed by atoms with Gasteiger partial charge < -0.3 is 20.7 Å². The Hall–Kier alpha value is -2.42. The van der Waals surface area contributed by atoms with E-state index in [0.29, 0.717) is 12.8 Å². The predicted octanol–water partition coefficient (Wildman–Crippen LogP) is 0.882. The Morgan fingerprint density at radius 2 is 2.17 bits per heavy atom. The van der Waals surface area contributed by atoms with E-state index in [2.05, 4.69) is 9.82 Å². The Kier molecular flexibility index (Phi) is 5.69. The van der Waals surface area contributed by atoms with Gasteiger partial charge in [0.2, 0.25) is 0 Å². The maximum atomic E-state index is 11.4. The van der Waals surface area contributed by atoms with Crippen molar-refractivity contribution in [2.24, 2.45) is 5.73 Å². The number of hydrogen-bond acceptors (Lipinski definition) is 6. The molecule has 0 fully saturated rings. The molecule has 0 spiro atoms. The number of aromatic nitrogens is 1. The molecule has 0 saturated carbocycles. The molecule has 0 bridgehead atoms. The number of carboxylic acids is 1. The lowest BCUT2D eigenvalue weighted by atomic mass is 10.0. The number of nitrogens with two attached hydrogens (primary N) is 1. The second-order valence-electron chi connectivity index (χ2n) is 5.26. The lowest BCUT2D eigenvalue weighted by Gasteiger charge is -2.09. The van der Waals surface area contributed by atoms with Crippen LogP contribution in [0.15, 0.2) is 24.4 Å². The predicted molar refractivity (Wildman–Crippen MR) is 81.6 cm³/mol. The summed E-state index contributed by atoms with van der Waals surface area (Å²) in [5, 5.41) is 18.0. The van der Waals surface area contributed by atoms with Crippen LogP contribution in [0.1, 0.15) is 24.0 Å². The van der Waals surface area contributed by atoms with Crippen LogP contribution in [-0.4, -0.2) is 33.3 Å². The summed E-state index contributed by atoms with van der Waals surface area (Å²) in [4.78, 5) is 29.3. The third-order valence-corrected chi connectivity index (χ3v) is 3.58. The number of carboxylic acid groups (broad SMARTS) is 1. The van der Waals surface area contributed by atoms with Crippen molar-refractivity contribution in [2.75, 3.05) is 0 Å². The Morgan fingerprint density at radius 3 is 2.87 bits per heavy atom. The van der Waals surface area contributed by atoms with Crippen LogP contribution >= 0.6 is 0 Å². The van der Waals surface area contributed by atoms with Gasteiger partial charge in [-0.2, -0.15) is 0 Å². The largest absolute Gasteiger partial charge is 0.481 e. The monoisotopic (exact) mass is 321 g/mol. The van der Waals surface area contributed by atoms with Gasteiger partial charge in [-0.25, -0.2) is 4.79 Å². The Labute approximate surface area is 132 Å². The molecule has 8 nitrogen and oxygen atoms in total. The number of nitrogens with one attached hydrogen (secondary N) is 2. The van der Waals surface area contributed by atoms with Gasteiger partial charge in [0.05, 0.1) is 0 Å². The highest BCUT2D eigenvalue weighted by Gasteiger charge is 2.18. The van der Waals surface area contributed by atoms with Crippen LogP contribution in [-0.2, 0) is 27.3 Å². The van der Waals surface area contributed by atoms with Crippen LogP contribution in [0.25, 0.3) is 10.9 Å². The third kappa shape index (κ3) is 4.52. The average molecular weight is 321 g/mol. The summed E-state index contributed by atoms with van der Waals surface area (Å²) in [7, 11) is 0. The third-order valence-electron chi connectivity index (χ3n) is 3.58. The molecule has 2 rings (SSSR count). The Balaban J connectivity index is 2.11. The van der Waals surface area contributed by atoms with E-state index >= 15 is 0 Å². The van der Waals surface area contributed by atoms with Gasteiger partial charge in [0.15, 0.2) is 0 Å². The first kappa shape index (κ1) is 16.9. The fraction of sp³-hybridized carbons (Fsp3) is 0.333. The molecule has 1 aromatic carbocycles. The van der Waals surface area contributed by atoms with Gasteiger partial charge in [0, 0.05) is 29.9 Å². The smallest absolute Gasteiger partial charge is 0.344 e. The topological polar surface area (TPSA) is 138 Å².